The zero-order chi connectivity index (χ0) is 20.8. The highest BCUT2D eigenvalue weighted by molar-refractivity contribution is 9.10. The molecule has 2 aromatic carbocycles. The zero-order valence-corrected chi connectivity index (χ0v) is 18.1. The van der Waals surface area contributed by atoms with Crippen molar-refractivity contribution < 1.29 is 9.53 Å². The lowest BCUT2D eigenvalue weighted by atomic mass is 9.96. The second kappa shape index (κ2) is 9.71. The van der Waals surface area contributed by atoms with Crippen LogP contribution in [-0.2, 0) is 11.3 Å². The fraction of sp³-hybridized carbons (Fsp3) is 0.261. The van der Waals surface area contributed by atoms with Crippen LogP contribution in [0.3, 0.4) is 0 Å². The van der Waals surface area contributed by atoms with Gasteiger partial charge in [0.1, 0.15) is 5.75 Å². The third kappa shape index (κ3) is 5.16. The van der Waals surface area contributed by atoms with Gasteiger partial charge >= 0.3 is 0 Å². The number of piperidine rings is 1. The van der Waals surface area contributed by atoms with E-state index in [0.717, 1.165) is 47.5 Å². The van der Waals surface area contributed by atoms with Crippen LogP contribution in [0.5, 0.6) is 11.6 Å². The maximum absolute atomic E-state index is 12.6. The topological polar surface area (TPSA) is 67.4 Å². The van der Waals surface area contributed by atoms with E-state index >= 15 is 0 Å². The molecule has 3 aromatic rings. The number of hydrogen-bond acceptors (Lipinski definition) is 5. The second-order valence-corrected chi connectivity index (χ2v) is 8.12. The fourth-order valence-corrected chi connectivity index (χ4v) is 3.76. The van der Waals surface area contributed by atoms with E-state index in [1.54, 1.807) is 12.4 Å². The minimum absolute atomic E-state index is 0.00635. The Kier molecular flexibility index (Phi) is 6.59. The molecule has 1 aromatic heterocycles. The Morgan fingerprint density at radius 2 is 1.73 bits per heavy atom. The molecule has 1 aliphatic heterocycles. The summed E-state index contributed by atoms with van der Waals surface area (Å²) in [5.74, 6) is 2.04. The number of nitrogens with one attached hydrogen (secondary N) is 1. The van der Waals surface area contributed by atoms with Crippen molar-refractivity contribution in [2.45, 2.75) is 19.4 Å². The summed E-state index contributed by atoms with van der Waals surface area (Å²) in [6, 6.07) is 17.5. The van der Waals surface area contributed by atoms with Gasteiger partial charge in [-0.05, 0) is 42.7 Å². The predicted octanol–water partition coefficient (Wildman–Crippen LogP) is 4.56. The van der Waals surface area contributed by atoms with Crippen molar-refractivity contribution in [2.24, 2.45) is 5.92 Å². The van der Waals surface area contributed by atoms with Gasteiger partial charge in [-0.1, -0.05) is 46.3 Å². The van der Waals surface area contributed by atoms with Crippen LogP contribution >= 0.6 is 15.9 Å². The molecule has 30 heavy (non-hydrogen) atoms. The molecule has 1 amide bonds. The number of hydrogen-bond donors (Lipinski definition) is 1. The van der Waals surface area contributed by atoms with Crippen LogP contribution in [0.2, 0.25) is 0 Å². The number of carbonyl (C=O) groups is 1. The predicted molar refractivity (Wildman–Crippen MR) is 119 cm³/mol. The Hall–Kier alpha value is -2.93. The number of benzene rings is 2. The van der Waals surface area contributed by atoms with Crippen molar-refractivity contribution in [3.05, 3.63) is 77.0 Å². The Balaban J connectivity index is 1.33. The third-order valence-corrected chi connectivity index (χ3v) is 5.68. The fourth-order valence-electron chi connectivity index (χ4n) is 3.50. The highest BCUT2D eigenvalue weighted by atomic mass is 79.9. The molecule has 1 fully saturated rings. The van der Waals surface area contributed by atoms with Gasteiger partial charge < -0.3 is 15.0 Å². The number of rotatable bonds is 6. The molecule has 0 aliphatic carbocycles. The monoisotopic (exact) mass is 466 g/mol. The van der Waals surface area contributed by atoms with E-state index in [4.69, 9.17) is 4.74 Å². The Bertz CT molecular complexity index is 974. The molecule has 2 heterocycles. The first-order chi connectivity index (χ1) is 14.7. The molecule has 0 radical (unpaired) electrons. The molecule has 6 nitrogen and oxygen atoms in total. The first-order valence-electron chi connectivity index (χ1n) is 10.00. The van der Waals surface area contributed by atoms with E-state index < -0.39 is 0 Å². The van der Waals surface area contributed by atoms with E-state index in [-0.39, 0.29) is 11.8 Å². The van der Waals surface area contributed by atoms with E-state index in [1.165, 1.54) is 0 Å². The molecular formula is C23H23BrN4O2. The number of para-hydroxylation sites is 1. The summed E-state index contributed by atoms with van der Waals surface area (Å²) >= 11 is 3.43. The van der Waals surface area contributed by atoms with Gasteiger partial charge in [0.25, 0.3) is 5.88 Å². The normalized spacial score (nSPS) is 14.4. The minimum Gasteiger partial charge on any atom is -0.436 e. The van der Waals surface area contributed by atoms with Crippen molar-refractivity contribution in [2.75, 3.05) is 18.0 Å². The van der Waals surface area contributed by atoms with Crippen LogP contribution in [-0.4, -0.2) is 29.0 Å². The molecule has 4 rings (SSSR count). The maximum atomic E-state index is 12.6. The lowest BCUT2D eigenvalue weighted by Gasteiger charge is -2.32. The molecule has 154 valence electrons. The van der Waals surface area contributed by atoms with Gasteiger partial charge in [0.05, 0.1) is 0 Å². The molecule has 0 atom stereocenters. The average molecular weight is 467 g/mol. The summed E-state index contributed by atoms with van der Waals surface area (Å²) in [5.41, 5.74) is 1.09. The van der Waals surface area contributed by atoms with Gasteiger partial charge in [-0.15, -0.1) is 0 Å². The Morgan fingerprint density at radius 3 is 2.47 bits per heavy atom. The average Bonchev–Trinajstić information content (AvgIpc) is 2.80. The molecule has 0 unspecified atom stereocenters. The SMILES string of the molecule is O=C(NCc1ccc(Br)cc1)C1CCN(c2nccnc2Oc2ccccc2)CC1. The maximum Gasteiger partial charge on any atom is 0.263 e. The van der Waals surface area contributed by atoms with E-state index in [9.17, 15) is 4.79 Å². The van der Waals surface area contributed by atoms with Crippen LogP contribution in [0.1, 0.15) is 18.4 Å². The number of anilines is 1. The van der Waals surface area contributed by atoms with Crippen LogP contribution in [0.25, 0.3) is 0 Å². The van der Waals surface area contributed by atoms with Crippen molar-refractivity contribution >= 4 is 27.7 Å². The van der Waals surface area contributed by atoms with E-state index in [2.05, 4.69) is 36.1 Å². The van der Waals surface area contributed by atoms with Crippen molar-refractivity contribution in [3.63, 3.8) is 0 Å². The third-order valence-electron chi connectivity index (χ3n) is 5.15. The zero-order valence-electron chi connectivity index (χ0n) is 16.5. The smallest absolute Gasteiger partial charge is 0.263 e. The number of amides is 1. The largest absolute Gasteiger partial charge is 0.436 e. The Labute approximate surface area is 184 Å². The van der Waals surface area contributed by atoms with Gasteiger partial charge in [0, 0.05) is 42.4 Å². The summed E-state index contributed by atoms with van der Waals surface area (Å²) in [6.45, 7) is 2.02. The summed E-state index contributed by atoms with van der Waals surface area (Å²) < 4.78 is 6.97. The highest BCUT2D eigenvalue weighted by Crippen LogP contribution is 2.30. The molecule has 0 spiro atoms. The van der Waals surface area contributed by atoms with Crippen molar-refractivity contribution in [1.29, 1.82) is 0 Å². The quantitative estimate of drug-likeness (QED) is 0.576. The minimum atomic E-state index is 0.00635. The van der Waals surface area contributed by atoms with Crippen LogP contribution in [0.4, 0.5) is 5.82 Å². The summed E-state index contributed by atoms with van der Waals surface area (Å²) in [5, 5.41) is 3.06. The van der Waals surface area contributed by atoms with Crippen LogP contribution < -0.4 is 15.0 Å². The number of ether oxygens (including phenoxy) is 1. The highest BCUT2D eigenvalue weighted by Gasteiger charge is 2.27. The number of carbonyl (C=O) groups excluding carboxylic acids is 1. The first-order valence-corrected chi connectivity index (χ1v) is 10.8. The van der Waals surface area contributed by atoms with Crippen LogP contribution in [0, 0.1) is 5.92 Å². The van der Waals surface area contributed by atoms with Gasteiger partial charge in [-0.25, -0.2) is 9.97 Å². The van der Waals surface area contributed by atoms with Crippen LogP contribution in [0.15, 0.2) is 71.5 Å². The molecule has 0 bridgehead atoms. The lowest BCUT2D eigenvalue weighted by molar-refractivity contribution is -0.125. The van der Waals surface area contributed by atoms with Gasteiger partial charge in [0.15, 0.2) is 5.82 Å². The number of nitrogens with zero attached hydrogens (tertiary/aromatic N) is 3. The van der Waals surface area contributed by atoms with Gasteiger partial charge in [-0.3, -0.25) is 4.79 Å². The van der Waals surface area contributed by atoms with Crippen molar-refractivity contribution in [3.8, 4) is 11.6 Å². The second-order valence-electron chi connectivity index (χ2n) is 7.21. The van der Waals surface area contributed by atoms with Crippen molar-refractivity contribution in [1.82, 2.24) is 15.3 Å². The number of aromatic nitrogens is 2. The summed E-state index contributed by atoms with van der Waals surface area (Å²) in [6.07, 6.45) is 4.84. The summed E-state index contributed by atoms with van der Waals surface area (Å²) in [4.78, 5) is 23.6. The molecule has 1 saturated heterocycles. The molecule has 1 N–H and O–H groups in total. The first kappa shape index (κ1) is 20.3. The van der Waals surface area contributed by atoms with Gasteiger partial charge in [-0.2, -0.15) is 0 Å². The summed E-state index contributed by atoms with van der Waals surface area (Å²) in [7, 11) is 0. The molecular weight excluding hydrogens is 444 g/mol. The number of halogens is 1. The molecule has 0 saturated carbocycles. The Morgan fingerprint density at radius 1 is 1.03 bits per heavy atom. The van der Waals surface area contributed by atoms with E-state index in [1.807, 2.05) is 54.6 Å². The standard InChI is InChI=1S/C23H23BrN4O2/c24-19-8-6-17(7-9-19)16-27-22(29)18-10-14-28(15-11-18)21-23(26-13-12-25-21)30-20-4-2-1-3-5-20/h1-9,12-13,18H,10-11,14-16H2,(H,27,29). The molecule has 7 heteroatoms. The van der Waals surface area contributed by atoms with Gasteiger partial charge in [0.2, 0.25) is 5.91 Å². The lowest BCUT2D eigenvalue weighted by Crippen LogP contribution is -2.40. The van der Waals surface area contributed by atoms with E-state index in [0.29, 0.717) is 12.4 Å². The molecule has 1 aliphatic rings.